The van der Waals surface area contributed by atoms with Crippen LogP contribution in [-0.4, -0.2) is 62.6 Å². The minimum atomic E-state index is -0.717. The maximum absolute atomic E-state index is 13.7. The smallest absolute Gasteiger partial charge is 0.295 e. The quantitative estimate of drug-likeness (QED) is 0.238. The van der Waals surface area contributed by atoms with Crippen LogP contribution >= 0.6 is 0 Å². The molecular weight excluding hydrogens is 480 g/mol. The lowest BCUT2D eigenvalue weighted by atomic mass is 9.85. The van der Waals surface area contributed by atoms with Gasteiger partial charge in [-0.05, 0) is 34.2 Å². The molecule has 2 fully saturated rings. The van der Waals surface area contributed by atoms with Crippen molar-refractivity contribution < 1.29 is 29.1 Å². The van der Waals surface area contributed by atoms with Crippen LogP contribution in [0.2, 0.25) is 0 Å². The van der Waals surface area contributed by atoms with E-state index in [9.17, 15) is 14.7 Å². The summed E-state index contributed by atoms with van der Waals surface area (Å²) in [6, 6.07) is 13.9. The number of likely N-dealkylation sites (tertiary alicyclic amines) is 1. The zero-order chi connectivity index (χ0) is 27.3. The number of carbonyl (C=O) groups is 2. The molecule has 2 aliphatic rings. The molecule has 202 valence electrons. The lowest BCUT2D eigenvalue weighted by molar-refractivity contribution is -0.908. The van der Waals surface area contributed by atoms with E-state index in [4.69, 9.17) is 9.47 Å². The normalized spacial score (nSPS) is 20.1. The summed E-state index contributed by atoms with van der Waals surface area (Å²) in [4.78, 5) is 29.6. The molecule has 0 spiro atoms. The fourth-order valence-corrected chi connectivity index (χ4v) is 5.04. The second-order valence-corrected chi connectivity index (χ2v) is 10.9. The molecule has 2 saturated heterocycles. The Balaban J connectivity index is 1.67. The van der Waals surface area contributed by atoms with Gasteiger partial charge in [0.25, 0.3) is 5.91 Å². The van der Waals surface area contributed by atoms with E-state index < -0.39 is 23.5 Å². The first-order chi connectivity index (χ1) is 18.2. The van der Waals surface area contributed by atoms with Gasteiger partial charge >= 0.3 is 0 Å². The van der Waals surface area contributed by atoms with Crippen LogP contribution in [0.4, 0.5) is 0 Å². The summed E-state index contributed by atoms with van der Waals surface area (Å²) in [5.74, 6) is -1.15. The number of hydrogen-bond acceptors (Lipinski definition) is 5. The van der Waals surface area contributed by atoms with Crippen molar-refractivity contribution in [1.82, 2.24) is 4.90 Å². The van der Waals surface area contributed by atoms with Crippen LogP contribution in [0.25, 0.3) is 5.76 Å². The van der Waals surface area contributed by atoms with Crippen LogP contribution in [0.15, 0.2) is 66.8 Å². The Labute approximate surface area is 225 Å². The first kappa shape index (κ1) is 27.6. The minimum Gasteiger partial charge on any atom is -0.872 e. The third-order valence-electron chi connectivity index (χ3n) is 7.24. The van der Waals surface area contributed by atoms with E-state index in [1.54, 1.807) is 35.2 Å². The standard InChI is InChI=1S/C31H38N2O5/c1-5-19-38-25-13-9-23(10-14-25)28(34)26-27(22-7-11-24(12-8-22)31(2,3)4)33(30(36)29(26)35)16-6-15-32-17-20-37-21-18-32/h5,7-14,27,34H,1,6,15-21H2,2-4H3/b28-26+. The van der Waals surface area contributed by atoms with Gasteiger partial charge in [-0.2, -0.15) is 0 Å². The van der Waals surface area contributed by atoms with Crippen LogP contribution < -0.4 is 14.7 Å². The topological polar surface area (TPSA) is 83.3 Å². The number of quaternary nitrogens is 1. The number of morpholine rings is 1. The number of ketones is 1. The molecule has 2 aromatic carbocycles. The molecule has 0 bridgehead atoms. The Morgan fingerprint density at radius 1 is 1.11 bits per heavy atom. The highest BCUT2D eigenvalue weighted by molar-refractivity contribution is 6.46. The fraction of sp³-hybridized carbons (Fsp3) is 0.419. The van der Waals surface area contributed by atoms with E-state index in [0.29, 0.717) is 24.5 Å². The van der Waals surface area contributed by atoms with Gasteiger partial charge in [-0.25, -0.2) is 0 Å². The molecule has 1 unspecified atom stereocenters. The number of Topliss-reactive ketones (excluding diaryl/α,β-unsaturated/α-hetero) is 1. The number of hydrogen-bond donors (Lipinski definition) is 1. The Hall–Kier alpha value is -3.42. The molecule has 4 rings (SSSR count). The summed E-state index contributed by atoms with van der Waals surface area (Å²) in [6.07, 6.45) is 2.38. The second kappa shape index (κ2) is 12.0. The molecule has 7 heteroatoms. The van der Waals surface area contributed by atoms with Gasteiger partial charge in [-0.3, -0.25) is 9.59 Å². The predicted octanol–water partition coefficient (Wildman–Crippen LogP) is 2.08. The summed E-state index contributed by atoms with van der Waals surface area (Å²) in [5.41, 5.74) is 2.23. The summed E-state index contributed by atoms with van der Waals surface area (Å²) >= 11 is 0. The van der Waals surface area contributed by atoms with Crippen molar-refractivity contribution in [1.29, 1.82) is 0 Å². The SMILES string of the molecule is C=CCOc1ccc(/C([O-])=C2\C(=O)C(=O)N(CCC[NH+]3CCOCC3)C2c2ccc(C(C)(C)C)cc2)cc1. The molecular formula is C31H38N2O5. The van der Waals surface area contributed by atoms with Gasteiger partial charge in [-0.15, -0.1) is 0 Å². The number of amides is 1. The van der Waals surface area contributed by atoms with E-state index in [0.717, 1.165) is 50.4 Å². The molecule has 2 heterocycles. The van der Waals surface area contributed by atoms with Crippen molar-refractivity contribution >= 4 is 17.4 Å². The molecule has 7 nitrogen and oxygen atoms in total. The largest absolute Gasteiger partial charge is 0.872 e. The van der Waals surface area contributed by atoms with Crippen molar-refractivity contribution in [2.24, 2.45) is 0 Å². The predicted molar refractivity (Wildman–Crippen MR) is 145 cm³/mol. The van der Waals surface area contributed by atoms with Crippen molar-refractivity contribution in [3.63, 3.8) is 0 Å². The summed E-state index contributed by atoms with van der Waals surface area (Å²) in [5, 5.41) is 13.7. The molecule has 38 heavy (non-hydrogen) atoms. The molecule has 1 atom stereocenters. The van der Waals surface area contributed by atoms with E-state index in [2.05, 4.69) is 27.4 Å². The van der Waals surface area contributed by atoms with Gasteiger partial charge in [0, 0.05) is 18.5 Å². The molecule has 1 amide bonds. The number of ether oxygens (including phenoxy) is 2. The highest BCUT2D eigenvalue weighted by Gasteiger charge is 2.44. The first-order valence-corrected chi connectivity index (χ1v) is 13.3. The van der Waals surface area contributed by atoms with Crippen molar-refractivity contribution in [2.75, 3.05) is 46.0 Å². The average Bonchev–Trinajstić information content (AvgIpc) is 3.17. The number of rotatable bonds is 9. The van der Waals surface area contributed by atoms with Crippen LogP contribution in [0, 0.1) is 0 Å². The van der Waals surface area contributed by atoms with Gasteiger partial charge in [0.2, 0.25) is 5.78 Å². The number of nitrogens with zero attached hydrogens (tertiary/aromatic N) is 1. The third kappa shape index (κ3) is 6.17. The summed E-state index contributed by atoms with van der Waals surface area (Å²) < 4.78 is 11.0. The Kier molecular flexibility index (Phi) is 8.69. The Morgan fingerprint density at radius 3 is 2.37 bits per heavy atom. The molecule has 2 aromatic rings. The van der Waals surface area contributed by atoms with Gasteiger partial charge in [-0.1, -0.05) is 75.6 Å². The van der Waals surface area contributed by atoms with E-state index in [1.165, 1.54) is 4.90 Å². The number of carbonyl (C=O) groups excluding carboxylic acids is 2. The molecule has 0 radical (unpaired) electrons. The molecule has 0 aliphatic carbocycles. The van der Waals surface area contributed by atoms with Gasteiger partial charge in [0.05, 0.1) is 25.8 Å². The highest BCUT2D eigenvalue weighted by atomic mass is 16.5. The van der Waals surface area contributed by atoms with E-state index in [-0.39, 0.29) is 11.0 Å². The average molecular weight is 519 g/mol. The van der Waals surface area contributed by atoms with Crippen molar-refractivity contribution in [2.45, 2.75) is 38.6 Å². The monoisotopic (exact) mass is 518 g/mol. The minimum absolute atomic E-state index is 0.0111. The van der Waals surface area contributed by atoms with Gasteiger partial charge < -0.3 is 24.4 Å². The summed E-state index contributed by atoms with van der Waals surface area (Å²) in [7, 11) is 0. The lowest BCUT2D eigenvalue weighted by Crippen LogP contribution is -3.14. The number of nitrogens with one attached hydrogen (secondary N) is 1. The van der Waals surface area contributed by atoms with E-state index in [1.807, 2.05) is 24.3 Å². The van der Waals surface area contributed by atoms with Crippen LogP contribution in [-0.2, 0) is 19.7 Å². The Bertz CT molecular complexity index is 1170. The highest BCUT2D eigenvalue weighted by Crippen LogP contribution is 2.39. The fourth-order valence-electron chi connectivity index (χ4n) is 5.04. The van der Waals surface area contributed by atoms with Gasteiger partial charge in [0.1, 0.15) is 25.4 Å². The molecule has 1 N–H and O–H groups in total. The zero-order valence-corrected chi connectivity index (χ0v) is 22.6. The maximum Gasteiger partial charge on any atom is 0.295 e. The molecule has 0 saturated carbocycles. The summed E-state index contributed by atoms with van der Waals surface area (Å²) in [6.45, 7) is 15.0. The van der Waals surface area contributed by atoms with E-state index >= 15 is 0 Å². The zero-order valence-electron chi connectivity index (χ0n) is 22.6. The van der Waals surface area contributed by atoms with Gasteiger partial charge in [0.15, 0.2) is 0 Å². The maximum atomic E-state index is 13.7. The lowest BCUT2D eigenvalue weighted by Gasteiger charge is -2.29. The second-order valence-electron chi connectivity index (χ2n) is 10.9. The first-order valence-electron chi connectivity index (χ1n) is 13.3. The van der Waals surface area contributed by atoms with Crippen LogP contribution in [0.5, 0.6) is 5.75 Å². The van der Waals surface area contributed by atoms with Crippen molar-refractivity contribution in [3.05, 3.63) is 83.4 Å². The number of benzene rings is 2. The molecule has 0 aromatic heterocycles. The van der Waals surface area contributed by atoms with Crippen LogP contribution in [0.3, 0.4) is 0 Å². The van der Waals surface area contributed by atoms with Crippen molar-refractivity contribution in [3.8, 4) is 5.75 Å². The van der Waals surface area contributed by atoms with Crippen LogP contribution in [0.1, 0.15) is 49.9 Å². The third-order valence-corrected chi connectivity index (χ3v) is 7.24. The molecule has 2 aliphatic heterocycles. The Morgan fingerprint density at radius 2 is 1.76 bits per heavy atom.